The Morgan fingerprint density at radius 3 is 2.62 bits per heavy atom. The molecule has 0 aliphatic heterocycles. The maximum Gasteiger partial charge on any atom is 0.0438 e. The third kappa shape index (κ3) is 2.41. The third-order valence-corrected chi connectivity index (χ3v) is 4.25. The second-order valence-corrected chi connectivity index (χ2v) is 5.30. The molecule has 1 saturated carbocycles. The number of aryl methyl sites for hydroxylation is 1. The molecule has 0 spiro atoms. The second kappa shape index (κ2) is 5.20. The molecule has 88 valence electrons. The summed E-state index contributed by atoms with van der Waals surface area (Å²) in [4.78, 5) is 0. The normalized spacial score (nSPS) is 18.9. The standard InChI is InChI=1S/C14H20ClN/c1-10-6-7-12(8-14(10)15)13(9-16)11-4-2-3-5-11/h6-8,11,13H,2-5,9,16H2,1H3. The van der Waals surface area contributed by atoms with E-state index < -0.39 is 0 Å². The van der Waals surface area contributed by atoms with Crippen molar-refractivity contribution in [3.05, 3.63) is 34.3 Å². The summed E-state index contributed by atoms with van der Waals surface area (Å²) in [7, 11) is 0. The van der Waals surface area contributed by atoms with Crippen molar-refractivity contribution >= 4 is 11.6 Å². The predicted molar refractivity (Wildman–Crippen MR) is 69.9 cm³/mol. The first-order valence-electron chi connectivity index (χ1n) is 6.18. The summed E-state index contributed by atoms with van der Waals surface area (Å²) >= 11 is 6.18. The maximum absolute atomic E-state index is 6.18. The Kier molecular flexibility index (Phi) is 3.88. The van der Waals surface area contributed by atoms with Gasteiger partial charge >= 0.3 is 0 Å². The average Bonchev–Trinajstić information content (AvgIpc) is 2.78. The fourth-order valence-electron chi connectivity index (χ4n) is 2.80. The van der Waals surface area contributed by atoms with Gasteiger partial charge in [-0.05, 0) is 55.3 Å². The van der Waals surface area contributed by atoms with Crippen LogP contribution in [0.5, 0.6) is 0 Å². The van der Waals surface area contributed by atoms with E-state index in [1.54, 1.807) is 0 Å². The van der Waals surface area contributed by atoms with Gasteiger partial charge in [0, 0.05) is 5.02 Å². The molecule has 1 aromatic rings. The molecule has 1 atom stereocenters. The van der Waals surface area contributed by atoms with Crippen LogP contribution in [-0.2, 0) is 0 Å². The Morgan fingerprint density at radius 2 is 2.06 bits per heavy atom. The molecule has 2 rings (SSSR count). The lowest BCUT2D eigenvalue weighted by molar-refractivity contribution is 0.440. The number of halogens is 1. The van der Waals surface area contributed by atoms with E-state index in [-0.39, 0.29) is 0 Å². The smallest absolute Gasteiger partial charge is 0.0438 e. The van der Waals surface area contributed by atoms with Crippen LogP contribution >= 0.6 is 11.6 Å². The monoisotopic (exact) mass is 237 g/mol. The second-order valence-electron chi connectivity index (χ2n) is 4.90. The topological polar surface area (TPSA) is 26.0 Å². The van der Waals surface area contributed by atoms with Gasteiger partial charge in [-0.15, -0.1) is 0 Å². The Hall–Kier alpha value is -0.530. The summed E-state index contributed by atoms with van der Waals surface area (Å²) in [6.45, 7) is 2.78. The van der Waals surface area contributed by atoms with Crippen LogP contribution < -0.4 is 5.73 Å². The molecule has 1 aliphatic carbocycles. The molecule has 2 heteroatoms. The molecular weight excluding hydrogens is 218 g/mol. The van der Waals surface area contributed by atoms with Crippen molar-refractivity contribution in [3.63, 3.8) is 0 Å². The fraction of sp³-hybridized carbons (Fsp3) is 0.571. The first-order valence-corrected chi connectivity index (χ1v) is 6.56. The minimum atomic E-state index is 0.501. The van der Waals surface area contributed by atoms with Gasteiger partial charge in [0.25, 0.3) is 0 Å². The lowest BCUT2D eigenvalue weighted by atomic mass is 9.85. The van der Waals surface area contributed by atoms with E-state index in [9.17, 15) is 0 Å². The van der Waals surface area contributed by atoms with Gasteiger partial charge in [-0.3, -0.25) is 0 Å². The van der Waals surface area contributed by atoms with Crippen molar-refractivity contribution in [2.75, 3.05) is 6.54 Å². The summed E-state index contributed by atoms with van der Waals surface area (Å²) in [5.74, 6) is 1.27. The van der Waals surface area contributed by atoms with Crippen molar-refractivity contribution in [3.8, 4) is 0 Å². The average molecular weight is 238 g/mol. The Morgan fingerprint density at radius 1 is 1.38 bits per heavy atom. The van der Waals surface area contributed by atoms with Gasteiger partial charge in [0.2, 0.25) is 0 Å². The highest BCUT2D eigenvalue weighted by Gasteiger charge is 2.25. The molecule has 16 heavy (non-hydrogen) atoms. The van der Waals surface area contributed by atoms with Crippen LogP contribution in [0.1, 0.15) is 42.7 Å². The molecule has 0 radical (unpaired) electrons. The van der Waals surface area contributed by atoms with E-state index >= 15 is 0 Å². The molecule has 1 aromatic carbocycles. The van der Waals surface area contributed by atoms with E-state index in [4.69, 9.17) is 17.3 Å². The minimum Gasteiger partial charge on any atom is -0.330 e. The predicted octanol–water partition coefficient (Wildman–Crippen LogP) is 3.88. The number of rotatable bonds is 3. The quantitative estimate of drug-likeness (QED) is 0.848. The van der Waals surface area contributed by atoms with E-state index in [0.29, 0.717) is 5.92 Å². The number of hydrogen-bond donors (Lipinski definition) is 1. The molecule has 1 unspecified atom stereocenters. The summed E-state index contributed by atoms with van der Waals surface area (Å²) < 4.78 is 0. The summed E-state index contributed by atoms with van der Waals surface area (Å²) in [5, 5.41) is 0.869. The van der Waals surface area contributed by atoms with Crippen molar-refractivity contribution in [1.82, 2.24) is 0 Å². The van der Waals surface area contributed by atoms with Gasteiger partial charge in [-0.2, -0.15) is 0 Å². The SMILES string of the molecule is Cc1ccc(C(CN)C2CCCC2)cc1Cl. The molecule has 2 N–H and O–H groups in total. The summed E-state index contributed by atoms with van der Waals surface area (Å²) in [6.07, 6.45) is 5.38. The zero-order chi connectivity index (χ0) is 11.5. The largest absolute Gasteiger partial charge is 0.330 e. The number of nitrogens with two attached hydrogens (primary N) is 1. The Balaban J connectivity index is 2.22. The molecule has 1 aliphatic rings. The van der Waals surface area contributed by atoms with E-state index in [2.05, 4.69) is 18.2 Å². The van der Waals surface area contributed by atoms with Crippen LogP contribution in [-0.4, -0.2) is 6.54 Å². The third-order valence-electron chi connectivity index (χ3n) is 3.85. The highest BCUT2D eigenvalue weighted by molar-refractivity contribution is 6.31. The van der Waals surface area contributed by atoms with Gasteiger partial charge in [0.05, 0.1) is 0 Å². The maximum atomic E-state index is 6.18. The van der Waals surface area contributed by atoms with Crippen LogP contribution in [0, 0.1) is 12.8 Å². The Labute approximate surface area is 103 Å². The van der Waals surface area contributed by atoms with Crippen molar-refractivity contribution in [1.29, 1.82) is 0 Å². The van der Waals surface area contributed by atoms with Crippen LogP contribution in [0.25, 0.3) is 0 Å². The van der Waals surface area contributed by atoms with Crippen molar-refractivity contribution < 1.29 is 0 Å². The highest BCUT2D eigenvalue weighted by Crippen LogP contribution is 2.37. The molecular formula is C14H20ClN. The molecule has 0 saturated heterocycles. The van der Waals surface area contributed by atoms with Crippen molar-refractivity contribution in [2.24, 2.45) is 11.7 Å². The fourth-order valence-corrected chi connectivity index (χ4v) is 2.99. The first-order chi connectivity index (χ1) is 7.72. The molecule has 0 amide bonds. The molecule has 0 heterocycles. The van der Waals surface area contributed by atoms with Gasteiger partial charge in [-0.25, -0.2) is 0 Å². The van der Waals surface area contributed by atoms with Crippen LogP contribution in [0.4, 0.5) is 0 Å². The molecule has 0 aromatic heterocycles. The van der Waals surface area contributed by atoms with E-state index in [1.807, 2.05) is 6.92 Å². The van der Waals surface area contributed by atoms with E-state index in [1.165, 1.54) is 31.2 Å². The summed E-state index contributed by atoms with van der Waals surface area (Å²) in [5.41, 5.74) is 8.40. The summed E-state index contributed by atoms with van der Waals surface area (Å²) in [6, 6.07) is 6.40. The molecule has 0 bridgehead atoms. The van der Waals surface area contributed by atoms with Crippen molar-refractivity contribution in [2.45, 2.75) is 38.5 Å². The number of benzene rings is 1. The lowest BCUT2D eigenvalue weighted by Gasteiger charge is -2.22. The van der Waals surface area contributed by atoms with Crippen LogP contribution in [0.15, 0.2) is 18.2 Å². The lowest BCUT2D eigenvalue weighted by Crippen LogP contribution is -2.19. The van der Waals surface area contributed by atoms with Gasteiger partial charge in [0.15, 0.2) is 0 Å². The minimum absolute atomic E-state index is 0.501. The Bertz CT molecular complexity index is 356. The molecule has 1 nitrogen and oxygen atoms in total. The van der Waals surface area contributed by atoms with Gasteiger partial charge in [-0.1, -0.05) is 36.6 Å². The zero-order valence-electron chi connectivity index (χ0n) is 9.88. The van der Waals surface area contributed by atoms with E-state index in [0.717, 1.165) is 23.0 Å². The number of hydrogen-bond acceptors (Lipinski definition) is 1. The van der Waals surface area contributed by atoms with Crippen LogP contribution in [0.3, 0.4) is 0 Å². The van der Waals surface area contributed by atoms with Gasteiger partial charge in [0.1, 0.15) is 0 Å². The zero-order valence-corrected chi connectivity index (χ0v) is 10.6. The highest BCUT2D eigenvalue weighted by atomic mass is 35.5. The first kappa shape index (κ1) is 11.9. The van der Waals surface area contributed by atoms with Crippen LogP contribution in [0.2, 0.25) is 5.02 Å². The molecule has 1 fully saturated rings. The van der Waals surface area contributed by atoms with Gasteiger partial charge < -0.3 is 5.73 Å².